The van der Waals surface area contributed by atoms with Gasteiger partial charge < -0.3 is 20.8 Å². The van der Waals surface area contributed by atoms with E-state index in [-0.39, 0.29) is 18.8 Å². The number of piperidine rings is 1. The topological polar surface area (TPSA) is 67.8 Å². The predicted octanol–water partition coefficient (Wildman–Crippen LogP) is 4.81. The van der Waals surface area contributed by atoms with Gasteiger partial charge in [-0.3, -0.25) is 4.90 Å². The number of allylic oxidation sites excluding steroid dienone is 1. The third kappa shape index (κ3) is 11.7. The van der Waals surface area contributed by atoms with Gasteiger partial charge in [-0.1, -0.05) is 51.0 Å². The average Bonchev–Trinajstić information content (AvgIpc) is 2.79. The molecule has 0 aliphatic carbocycles. The van der Waals surface area contributed by atoms with Crippen molar-refractivity contribution >= 4 is 11.8 Å². The second-order valence-electron chi connectivity index (χ2n) is 8.60. The van der Waals surface area contributed by atoms with Crippen molar-refractivity contribution in [1.29, 1.82) is 0 Å². The Bertz CT molecular complexity index is 648. The summed E-state index contributed by atoms with van der Waals surface area (Å²) in [5.41, 5.74) is 3.92. The summed E-state index contributed by atoms with van der Waals surface area (Å²) in [4.78, 5) is 2.35. The van der Waals surface area contributed by atoms with Crippen molar-refractivity contribution in [2.75, 3.05) is 38.6 Å². The Balaban J connectivity index is 0.00000118. The lowest BCUT2D eigenvalue weighted by Crippen LogP contribution is -2.46. The number of hydrogen-bond acceptors (Lipinski definition) is 5. The van der Waals surface area contributed by atoms with E-state index >= 15 is 0 Å². The molecule has 0 aromatic heterocycles. The highest BCUT2D eigenvalue weighted by Gasteiger charge is 2.26. The predicted molar refractivity (Wildman–Crippen MR) is 139 cm³/mol. The van der Waals surface area contributed by atoms with Crippen LogP contribution in [0.3, 0.4) is 0 Å². The van der Waals surface area contributed by atoms with Crippen LogP contribution in [0.5, 0.6) is 0 Å². The molecule has 2 unspecified atom stereocenters. The molecule has 0 spiro atoms. The maximum atomic E-state index is 9.74. The molecule has 0 saturated carbocycles. The number of unbranched alkanes of at least 4 members (excludes halogenated alkanes) is 3. The fourth-order valence-corrected chi connectivity index (χ4v) is 4.13. The van der Waals surface area contributed by atoms with Crippen LogP contribution in [0.15, 0.2) is 37.1 Å². The summed E-state index contributed by atoms with van der Waals surface area (Å²) in [6, 6.07) is 6.95. The van der Waals surface area contributed by atoms with E-state index in [1.807, 2.05) is 7.05 Å². The third-order valence-electron chi connectivity index (χ3n) is 5.84. The quantitative estimate of drug-likeness (QED) is 0.328. The minimum Gasteiger partial charge on any atom is -0.395 e. The lowest BCUT2D eigenvalue weighted by atomic mass is 9.99. The molecule has 0 radical (unpaired) electrons. The highest BCUT2D eigenvalue weighted by Crippen LogP contribution is 2.19. The van der Waals surface area contributed by atoms with Crippen molar-refractivity contribution in [3.63, 3.8) is 0 Å². The molecule has 1 aliphatic rings. The summed E-state index contributed by atoms with van der Waals surface area (Å²) in [6.45, 7) is 10.8. The highest BCUT2D eigenvalue weighted by atomic mass is 16.3. The molecule has 5 nitrogen and oxygen atoms in total. The van der Waals surface area contributed by atoms with Crippen molar-refractivity contribution in [2.24, 2.45) is 0 Å². The van der Waals surface area contributed by atoms with Gasteiger partial charge in [-0.2, -0.15) is 0 Å². The number of aliphatic hydroxyl groups is 2. The molecule has 4 N–H and O–H groups in total. The first kappa shape index (κ1) is 28.2. The standard InChI is InChI=1S/C24H40N2O2.C3H7N/c1-3-9-20-15-21(10-4-2)17-22(16-20)25-12-7-5-6-8-13-26-14-11-24(28)18-23(26)19-27;1-3-4-2/h3,9,15-17,23-25,27-28H,4-8,10-14,18-19H2,1-2H3;3-4H,1H2,2H3/b9-3+;. The molecule has 1 heterocycles. The lowest BCUT2D eigenvalue weighted by Gasteiger charge is -2.36. The first-order valence-corrected chi connectivity index (χ1v) is 12.4. The van der Waals surface area contributed by atoms with Gasteiger partial charge >= 0.3 is 0 Å². The number of benzene rings is 1. The molecular weight excluding hydrogens is 398 g/mol. The maximum Gasteiger partial charge on any atom is 0.0587 e. The Morgan fingerprint density at radius 1 is 1.19 bits per heavy atom. The molecule has 1 saturated heterocycles. The molecule has 1 fully saturated rings. The monoisotopic (exact) mass is 445 g/mol. The molecule has 182 valence electrons. The third-order valence-corrected chi connectivity index (χ3v) is 5.84. The number of likely N-dealkylation sites (tertiary alicyclic amines) is 1. The summed E-state index contributed by atoms with van der Waals surface area (Å²) in [6.07, 6.45) is 14.3. The number of aliphatic hydroxyl groups excluding tert-OH is 2. The highest BCUT2D eigenvalue weighted by molar-refractivity contribution is 5.59. The Morgan fingerprint density at radius 2 is 1.94 bits per heavy atom. The first-order chi connectivity index (χ1) is 15.6. The molecule has 2 rings (SSSR count). The zero-order chi connectivity index (χ0) is 23.6. The Morgan fingerprint density at radius 3 is 2.59 bits per heavy atom. The van der Waals surface area contributed by atoms with Crippen LogP contribution >= 0.6 is 0 Å². The number of aryl methyl sites for hydroxylation is 1. The van der Waals surface area contributed by atoms with Crippen LogP contribution in [0, 0.1) is 0 Å². The zero-order valence-electron chi connectivity index (χ0n) is 20.7. The van der Waals surface area contributed by atoms with Crippen molar-refractivity contribution in [3.05, 3.63) is 48.2 Å². The van der Waals surface area contributed by atoms with Gasteiger partial charge in [0.15, 0.2) is 0 Å². The number of rotatable bonds is 13. The molecule has 2 atom stereocenters. The van der Waals surface area contributed by atoms with Crippen molar-refractivity contribution < 1.29 is 10.2 Å². The van der Waals surface area contributed by atoms with Crippen molar-refractivity contribution in [2.45, 2.75) is 77.4 Å². The van der Waals surface area contributed by atoms with Gasteiger partial charge in [-0.25, -0.2) is 0 Å². The van der Waals surface area contributed by atoms with E-state index in [9.17, 15) is 10.2 Å². The van der Waals surface area contributed by atoms with Crippen molar-refractivity contribution in [3.8, 4) is 0 Å². The zero-order valence-corrected chi connectivity index (χ0v) is 20.7. The van der Waals surface area contributed by atoms with E-state index in [0.29, 0.717) is 6.42 Å². The first-order valence-electron chi connectivity index (χ1n) is 12.4. The van der Waals surface area contributed by atoms with Gasteiger partial charge in [0.1, 0.15) is 0 Å². The molecule has 0 amide bonds. The van der Waals surface area contributed by atoms with E-state index in [2.05, 4.69) is 66.3 Å². The minimum atomic E-state index is -0.233. The number of nitrogens with one attached hydrogen (secondary N) is 2. The summed E-state index contributed by atoms with van der Waals surface area (Å²) < 4.78 is 0. The van der Waals surface area contributed by atoms with E-state index in [1.165, 1.54) is 48.9 Å². The number of nitrogens with zero attached hydrogens (tertiary/aromatic N) is 1. The average molecular weight is 446 g/mol. The smallest absolute Gasteiger partial charge is 0.0587 e. The molecule has 1 aromatic rings. The fraction of sp³-hybridized carbons (Fsp3) is 0.630. The summed E-state index contributed by atoms with van der Waals surface area (Å²) in [5.74, 6) is 0. The summed E-state index contributed by atoms with van der Waals surface area (Å²) in [5, 5.41) is 25.5. The molecule has 1 aliphatic heterocycles. The summed E-state index contributed by atoms with van der Waals surface area (Å²) >= 11 is 0. The van der Waals surface area contributed by atoms with Gasteiger partial charge in [0.25, 0.3) is 0 Å². The molecule has 5 heteroatoms. The SMILES string of the molecule is C/C=C/c1cc(CCC)cc(NCCCCCCN2CCC(O)CC2CO)c1.C=CNC. The van der Waals surface area contributed by atoms with Crippen LogP contribution in [0.1, 0.15) is 69.9 Å². The molecule has 1 aromatic carbocycles. The van der Waals surface area contributed by atoms with Gasteiger partial charge in [0, 0.05) is 31.9 Å². The second kappa shape index (κ2) is 17.7. The van der Waals surface area contributed by atoms with Crippen LogP contribution in [-0.2, 0) is 6.42 Å². The lowest BCUT2D eigenvalue weighted by molar-refractivity contribution is 0.0163. The van der Waals surface area contributed by atoms with Gasteiger partial charge in [-0.05, 0) is 75.0 Å². The van der Waals surface area contributed by atoms with Crippen LogP contribution in [0.4, 0.5) is 5.69 Å². The fourth-order valence-electron chi connectivity index (χ4n) is 4.13. The van der Waals surface area contributed by atoms with Crippen LogP contribution in [0.25, 0.3) is 6.08 Å². The summed E-state index contributed by atoms with van der Waals surface area (Å²) in [7, 11) is 1.81. The van der Waals surface area contributed by atoms with E-state index in [1.54, 1.807) is 6.20 Å². The van der Waals surface area contributed by atoms with E-state index < -0.39 is 0 Å². The minimum absolute atomic E-state index is 0.146. The molecular formula is C27H47N3O2. The number of anilines is 1. The van der Waals surface area contributed by atoms with Gasteiger partial charge in [-0.15, -0.1) is 0 Å². The van der Waals surface area contributed by atoms with E-state index in [4.69, 9.17) is 0 Å². The van der Waals surface area contributed by atoms with Crippen LogP contribution in [-0.4, -0.2) is 60.5 Å². The Kier molecular flexibility index (Phi) is 15.6. The van der Waals surface area contributed by atoms with Gasteiger partial charge in [0.05, 0.1) is 12.7 Å². The van der Waals surface area contributed by atoms with E-state index in [0.717, 1.165) is 32.5 Å². The largest absolute Gasteiger partial charge is 0.395 e. The maximum absolute atomic E-state index is 9.74. The normalized spacial score (nSPS) is 18.8. The van der Waals surface area contributed by atoms with Crippen LogP contribution < -0.4 is 10.6 Å². The van der Waals surface area contributed by atoms with Gasteiger partial charge in [0.2, 0.25) is 0 Å². The molecule has 0 bridgehead atoms. The second-order valence-corrected chi connectivity index (χ2v) is 8.60. The molecule has 32 heavy (non-hydrogen) atoms. The number of hydrogen-bond donors (Lipinski definition) is 4. The van der Waals surface area contributed by atoms with Crippen LogP contribution in [0.2, 0.25) is 0 Å². The van der Waals surface area contributed by atoms with Crippen molar-refractivity contribution in [1.82, 2.24) is 10.2 Å². The Hall–Kier alpha value is -1.82. The Labute approximate surface area is 196 Å².